The maximum absolute atomic E-state index is 12.1. The van der Waals surface area contributed by atoms with E-state index in [0.29, 0.717) is 5.56 Å². The molecule has 118 valence electrons. The van der Waals surface area contributed by atoms with Gasteiger partial charge in [-0.25, -0.2) is 5.43 Å². The number of benzene rings is 2. The SMILES string of the molecule is Cc1cccc(/C=N/NC(=O)c2ccc(N3CCCC3)cc2)c1. The minimum absolute atomic E-state index is 0.193. The largest absolute Gasteiger partial charge is 0.372 e. The molecular formula is C19H21N3O. The van der Waals surface area contributed by atoms with E-state index in [4.69, 9.17) is 0 Å². The van der Waals surface area contributed by atoms with Crippen LogP contribution in [0, 0.1) is 6.92 Å². The molecule has 1 saturated heterocycles. The summed E-state index contributed by atoms with van der Waals surface area (Å²) in [5.74, 6) is -0.193. The molecule has 0 aliphatic carbocycles. The van der Waals surface area contributed by atoms with Crippen molar-refractivity contribution in [2.75, 3.05) is 18.0 Å². The van der Waals surface area contributed by atoms with E-state index in [0.717, 1.165) is 24.2 Å². The van der Waals surface area contributed by atoms with Crippen LogP contribution in [-0.4, -0.2) is 25.2 Å². The number of amides is 1. The Morgan fingerprint density at radius 3 is 2.57 bits per heavy atom. The van der Waals surface area contributed by atoms with Crippen LogP contribution in [0.2, 0.25) is 0 Å². The van der Waals surface area contributed by atoms with Gasteiger partial charge in [0.25, 0.3) is 5.91 Å². The number of nitrogens with one attached hydrogen (secondary N) is 1. The van der Waals surface area contributed by atoms with E-state index in [-0.39, 0.29) is 5.91 Å². The third-order valence-corrected chi connectivity index (χ3v) is 4.02. The fourth-order valence-electron chi connectivity index (χ4n) is 2.78. The molecule has 1 amide bonds. The van der Waals surface area contributed by atoms with Crippen molar-refractivity contribution in [2.45, 2.75) is 19.8 Å². The zero-order valence-corrected chi connectivity index (χ0v) is 13.3. The summed E-state index contributed by atoms with van der Waals surface area (Å²) in [6.07, 6.45) is 4.15. The third kappa shape index (κ3) is 3.97. The Balaban J connectivity index is 1.59. The standard InChI is InChI=1S/C19H21N3O/c1-15-5-4-6-16(13-15)14-20-21-19(23)17-7-9-18(10-8-17)22-11-2-3-12-22/h4-10,13-14H,2-3,11-12H2,1H3,(H,21,23)/b20-14+. The van der Waals surface area contributed by atoms with Crippen LogP contribution in [0.5, 0.6) is 0 Å². The Kier molecular flexibility index (Phi) is 4.71. The lowest BCUT2D eigenvalue weighted by molar-refractivity contribution is 0.0955. The summed E-state index contributed by atoms with van der Waals surface area (Å²) in [5, 5.41) is 4.02. The van der Waals surface area contributed by atoms with Gasteiger partial charge in [-0.15, -0.1) is 0 Å². The highest BCUT2D eigenvalue weighted by atomic mass is 16.2. The van der Waals surface area contributed by atoms with Crippen molar-refractivity contribution in [3.63, 3.8) is 0 Å². The molecule has 0 saturated carbocycles. The summed E-state index contributed by atoms with van der Waals surface area (Å²) in [6.45, 7) is 4.23. The van der Waals surface area contributed by atoms with Crippen LogP contribution in [0.3, 0.4) is 0 Å². The maximum atomic E-state index is 12.1. The molecule has 0 unspecified atom stereocenters. The molecule has 4 heteroatoms. The molecule has 2 aromatic carbocycles. The van der Waals surface area contributed by atoms with Gasteiger partial charge in [-0.3, -0.25) is 4.79 Å². The minimum Gasteiger partial charge on any atom is -0.372 e. The molecule has 1 aliphatic rings. The predicted molar refractivity (Wildman–Crippen MR) is 94.1 cm³/mol. The summed E-state index contributed by atoms with van der Waals surface area (Å²) in [5.41, 5.74) is 6.51. The van der Waals surface area contributed by atoms with Gasteiger partial charge in [0.1, 0.15) is 0 Å². The molecule has 1 fully saturated rings. The molecule has 1 N–H and O–H groups in total. The van der Waals surface area contributed by atoms with Gasteiger partial charge in [0.05, 0.1) is 6.21 Å². The van der Waals surface area contributed by atoms with Crippen LogP contribution in [0.1, 0.15) is 34.3 Å². The summed E-state index contributed by atoms with van der Waals surface area (Å²) < 4.78 is 0. The molecule has 0 bridgehead atoms. The van der Waals surface area contributed by atoms with Gasteiger partial charge in [-0.05, 0) is 49.6 Å². The Bertz CT molecular complexity index is 701. The van der Waals surface area contributed by atoms with Gasteiger partial charge in [0.2, 0.25) is 0 Å². The lowest BCUT2D eigenvalue weighted by atomic mass is 10.2. The second-order valence-electron chi connectivity index (χ2n) is 5.85. The van der Waals surface area contributed by atoms with Gasteiger partial charge >= 0.3 is 0 Å². The molecule has 0 atom stereocenters. The van der Waals surface area contributed by atoms with Crippen LogP contribution in [0.15, 0.2) is 53.6 Å². The highest BCUT2D eigenvalue weighted by molar-refractivity contribution is 5.95. The second-order valence-corrected chi connectivity index (χ2v) is 5.85. The summed E-state index contributed by atoms with van der Waals surface area (Å²) in [4.78, 5) is 14.4. The van der Waals surface area contributed by atoms with Gasteiger partial charge in [0.15, 0.2) is 0 Å². The van der Waals surface area contributed by atoms with Crippen molar-refractivity contribution in [3.8, 4) is 0 Å². The first kappa shape index (κ1) is 15.3. The first-order valence-electron chi connectivity index (χ1n) is 7.97. The van der Waals surface area contributed by atoms with Crippen molar-refractivity contribution in [2.24, 2.45) is 5.10 Å². The number of nitrogens with zero attached hydrogens (tertiary/aromatic N) is 2. The molecule has 1 heterocycles. The van der Waals surface area contributed by atoms with Gasteiger partial charge in [-0.1, -0.05) is 29.8 Å². The number of hydrogen-bond donors (Lipinski definition) is 1. The summed E-state index contributed by atoms with van der Waals surface area (Å²) in [6, 6.07) is 15.7. The monoisotopic (exact) mass is 307 g/mol. The quantitative estimate of drug-likeness (QED) is 0.695. The van der Waals surface area contributed by atoms with E-state index in [1.165, 1.54) is 18.5 Å². The zero-order valence-electron chi connectivity index (χ0n) is 13.3. The predicted octanol–water partition coefficient (Wildman–Crippen LogP) is 3.36. The molecule has 0 spiro atoms. The van der Waals surface area contributed by atoms with E-state index < -0.39 is 0 Å². The Morgan fingerprint density at radius 1 is 1.13 bits per heavy atom. The number of carbonyl (C=O) groups excluding carboxylic acids is 1. The lowest BCUT2D eigenvalue weighted by Gasteiger charge is -2.17. The van der Waals surface area contributed by atoms with Crippen molar-refractivity contribution in [3.05, 3.63) is 65.2 Å². The van der Waals surface area contributed by atoms with E-state index in [1.54, 1.807) is 6.21 Å². The number of aryl methyl sites for hydroxylation is 1. The number of carbonyl (C=O) groups is 1. The summed E-state index contributed by atoms with van der Waals surface area (Å²) in [7, 11) is 0. The van der Waals surface area contributed by atoms with E-state index in [1.807, 2.05) is 55.5 Å². The first-order valence-corrected chi connectivity index (χ1v) is 7.97. The smallest absolute Gasteiger partial charge is 0.271 e. The van der Waals surface area contributed by atoms with E-state index in [9.17, 15) is 4.79 Å². The first-order chi connectivity index (χ1) is 11.2. The third-order valence-electron chi connectivity index (χ3n) is 4.02. The van der Waals surface area contributed by atoms with Crippen LogP contribution >= 0.6 is 0 Å². The minimum atomic E-state index is -0.193. The number of anilines is 1. The Hall–Kier alpha value is -2.62. The van der Waals surface area contributed by atoms with Crippen molar-refractivity contribution in [1.29, 1.82) is 0 Å². The number of hydrogen-bond acceptors (Lipinski definition) is 3. The molecule has 4 nitrogen and oxygen atoms in total. The number of hydrazone groups is 1. The molecule has 0 radical (unpaired) electrons. The van der Waals surface area contributed by atoms with E-state index >= 15 is 0 Å². The van der Waals surface area contributed by atoms with Crippen LogP contribution in [0.25, 0.3) is 0 Å². The maximum Gasteiger partial charge on any atom is 0.271 e. The van der Waals surface area contributed by atoms with Crippen molar-refractivity contribution < 1.29 is 4.79 Å². The topological polar surface area (TPSA) is 44.7 Å². The van der Waals surface area contributed by atoms with Crippen molar-refractivity contribution >= 4 is 17.8 Å². The highest BCUT2D eigenvalue weighted by Gasteiger charge is 2.12. The normalized spacial score (nSPS) is 14.4. The van der Waals surface area contributed by atoms with E-state index in [2.05, 4.69) is 15.4 Å². The fraction of sp³-hybridized carbons (Fsp3) is 0.263. The Morgan fingerprint density at radius 2 is 1.87 bits per heavy atom. The molecule has 0 aromatic heterocycles. The van der Waals surface area contributed by atoms with Gasteiger partial charge in [0, 0.05) is 24.3 Å². The van der Waals surface area contributed by atoms with Gasteiger partial charge in [-0.2, -0.15) is 5.10 Å². The summed E-state index contributed by atoms with van der Waals surface area (Å²) >= 11 is 0. The highest BCUT2D eigenvalue weighted by Crippen LogP contribution is 2.20. The zero-order chi connectivity index (χ0) is 16.1. The molecule has 23 heavy (non-hydrogen) atoms. The fourth-order valence-corrected chi connectivity index (χ4v) is 2.78. The average Bonchev–Trinajstić information content (AvgIpc) is 3.09. The van der Waals surface area contributed by atoms with Crippen LogP contribution in [-0.2, 0) is 0 Å². The van der Waals surface area contributed by atoms with Gasteiger partial charge < -0.3 is 4.90 Å². The second kappa shape index (κ2) is 7.09. The van der Waals surface area contributed by atoms with Crippen molar-refractivity contribution in [1.82, 2.24) is 5.43 Å². The average molecular weight is 307 g/mol. The molecule has 3 rings (SSSR count). The Labute approximate surface area is 136 Å². The van der Waals surface area contributed by atoms with Crippen LogP contribution in [0.4, 0.5) is 5.69 Å². The van der Waals surface area contributed by atoms with Crippen LogP contribution < -0.4 is 10.3 Å². The molecular weight excluding hydrogens is 286 g/mol. The molecule has 2 aromatic rings. The number of rotatable bonds is 4. The molecule has 1 aliphatic heterocycles. The lowest BCUT2D eigenvalue weighted by Crippen LogP contribution is -2.19.